The molecule has 0 atom stereocenters. The molecular formula is C15H11F2N3O. The number of benzene rings is 2. The number of aromatic amines is 1. The first-order valence-corrected chi connectivity index (χ1v) is 6.19. The van der Waals surface area contributed by atoms with Gasteiger partial charge in [-0.3, -0.25) is 5.10 Å². The summed E-state index contributed by atoms with van der Waals surface area (Å²) in [4.78, 5) is 4.32. The van der Waals surface area contributed by atoms with E-state index in [1.807, 2.05) is 0 Å². The van der Waals surface area contributed by atoms with Gasteiger partial charge in [-0.05, 0) is 42.5 Å². The zero-order valence-electron chi connectivity index (χ0n) is 11.1. The largest absolute Gasteiger partial charge is 0.494 e. The first-order valence-electron chi connectivity index (χ1n) is 6.19. The molecule has 21 heavy (non-hydrogen) atoms. The summed E-state index contributed by atoms with van der Waals surface area (Å²) in [5.74, 6) is 0.277. The average molecular weight is 287 g/mol. The van der Waals surface area contributed by atoms with Crippen LogP contribution in [0.4, 0.5) is 8.78 Å². The summed E-state index contributed by atoms with van der Waals surface area (Å²) in [5, 5.41) is 6.86. The molecule has 6 heteroatoms. The van der Waals surface area contributed by atoms with Gasteiger partial charge in [0, 0.05) is 11.1 Å². The summed E-state index contributed by atoms with van der Waals surface area (Å²) in [6, 6.07) is 10.3. The Kier molecular flexibility index (Phi) is 3.35. The maximum atomic E-state index is 13.4. The number of hydrogen-bond donors (Lipinski definition) is 1. The van der Waals surface area contributed by atoms with Crippen molar-refractivity contribution in [2.75, 3.05) is 7.11 Å². The van der Waals surface area contributed by atoms with Crippen LogP contribution in [0.5, 0.6) is 5.75 Å². The van der Waals surface area contributed by atoms with Gasteiger partial charge < -0.3 is 4.74 Å². The Bertz CT molecular complexity index is 769. The second-order valence-electron chi connectivity index (χ2n) is 4.36. The molecular weight excluding hydrogens is 276 g/mol. The van der Waals surface area contributed by atoms with Crippen molar-refractivity contribution in [3.05, 3.63) is 54.1 Å². The minimum atomic E-state index is -0.449. The van der Waals surface area contributed by atoms with Crippen molar-refractivity contribution in [3.8, 4) is 28.5 Å². The Morgan fingerprint density at radius 3 is 2.43 bits per heavy atom. The summed E-state index contributed by atoms with van der Waals surface area (Å²) >= 11 is 0. The van der Waals surface area contributed by atoms with E-state index in [4.69, 9.17) is 4.74 Å². The summed E-state index contributed by atoms with van der Waals surface area (Å²) in [6.07, 6.45) is 0. The molecule has 0 fully saturated rings. The van der Waals surface area contributed by atoms with E-state index in [1.165, 1.54) is 31.4 Å². The predicted molar refractivity (Wildman–Crippen MR) is 73.7 cm³/mol. The molecule has 0 unspecified atom stereocenters. The highest BCUT2D eigenvalue weighted by Gasteiger charge is 2.11. The lowest BCUT2D eigenvalue weighted by atomic mass is 10.2. The SMILES string of the molecule is COc1cc(-c2n[nH]c(-c3ccc(F)cc3)n2)ccc1F. The zero-order chi connectivity index (χ0) is 14.8. The minimum Gasteiger partial charge on any atom is -0.494 e. The second-order valence-corrected chi connectivity index (χ2v) is 4.36. The first-order chi connectivity index (χ1) is 10.2. The Hall–Kier alpha value is -2.76. The molecule has 0 aliphatic carbocycles. The van der Waals surface area contributed by atoms with Crippen molar-refractivity contribution in [2.45, 2.75) is 0 Å². The van der Waals surface area contributed by atoms with Gasteiger partial charge >= 0.3 is 0 Å². The molecule has 2 aromatic carbocycles. The summed E-state index contributed by atoms with van der Waals surface area (Å²) in [6.45, 7) is 0. The van der Waals surface area contributed by atoms with Gasteiger partial charge in [-0.15, -0.1) is 0 Å². The number of H-pyrrole nitrogens is 1. The van der Waals surface area contributed by atoms with Crippen LogP contribution in [0.15, 0.2) is 42.5 Å². The fourth-order valence-electron chi connectivity index (χ4n) is 1.93. The number of methoxy groups -OCH3 is 1. The minimum absolute atomic E-state index is 0.126. The third-order valence-electron chi connectivity index (χ3n) is 3.01. The lowest BCUT2D eigenvalue weighted by molar-refractivity contribution is 0.387. The molecule has 0 amide bonds. The van der Waals surface area contributed by atoms with Crippen molar-refractivity contribution in [1.29, 1.82) is 0 Å². The van der Waals surface area contributed by atoms with Crippen molar-refractivity contribution in [1.82, 2.24) is 15.2 Å². The molecule has 0 aliphatic rings. The number of rotatable bonds is 3. The Balaban J connectivity index is 1.96. The van der Waals surface area contributed by atoms with Gasteiger partial charge in [0.1, 0.15) is 5.82 Å². The van der Waals surface area contributed by atoms with Crippen molar-refractivity contribution >= 4 is 0 Å². The second kappa shape index (κ2) is 5.32. The van der Waals surface area contributed by atoms with Gasteiger partial charge in [0.2, 0.25) is 0 Å². The molecule has 0 saturated carbocycles. The average Bonchev–Trinajstić information content (AvgIpc) is 2.98. The first kappa shape index (κ1) is 13.2. The van der Waals surface area contributed by atoms with Crippen molar-refractivity contribution in [3.63, 3.8) is 0 Å². The maximum absolute atomic E-state index is 13.4. The van der Waals surface area contributed by atoms with Crippen LogP contribution in [-0.4, -0.2) is 22.3 Å². The molecule has 0 saturated heterocycles. The van der Waals surface area contributed by atoms with Crippen LogP contribution in [-0.2, 0) is 0 Å². The lowest BCUT2D eigenvalue weighted by Crippen LogP contribution is -1.89. The van der Waals surface area contributed by atoms with Crippen molar-refractivity contribution < 1.29 is 13.5 Å². The molecule has 0 aliphatic heterocycles. The maximum Gasteiger partial charge on any atom is 0.181 e. The lowest BCUT2D eigenvalue weighted by Gasteiger charge is -2.02. The molecule has 0 bridgehead atoms. The molecule has 0 spiro atoms. The van der Waals surface area contributed by atoms with E-state index < -0.39 is 5.82 Å². The van der Waals surface area contributed by atoms with E-state index in [1.54, 1.807) is 18.2 Å². The number of halogens is 2. The normalized spacial score (nSPS) is 10.6. The molecule has 1 aromatic heterocycles. The molecule has 106 valence electrons. The monoisotopic (exact) mass is 287 g/mol. The van der Waals surface area contributed by atoms with Crippen LogP contribution in [0, 0.1) is 11.6 Å². The van der Waals surface area contributed by atoms with E-state index >= 15 is 0 Å². The number of aromatic nitrogens is 3. The quantitative estimate of drug-likeness (QED) is 0.803. The number of ether oxygens (including phenoxy) is 1. The van der Waals surface area contributed by atoms with Gasteiger partial charge in [0.05, 0.1) is 7.11 Å². The molecule has 3 rings (SSSR count). The molecule has 0 radical (unpaired) electrons. The van der Waals surface area contributed by atoms with Crippen LogP contribution in [0.25, 0.3) is 22.8 Å². The van der Waals surface area contributed by atoms with E-state index in [2.05, 4.69) is 15.2 Å². The van der Waals surface area contributed by atoms with Gasteiger partial charge in [0.25, 0.3) is 0 Å². The fourth-order valence-corrected chi connectivity index (χ4v) is 1.93. The van der Waals surface area contributed by atoms with E-state index in [9.17, 15) is 8.78 Å². The molecule has 1 N–H and O–H groups in total. The highest BCUT2D eigenvalue weighted by atomic mass is 19.1. The number of hydrogen-bond acceptors (Lipinski definition) is 3. The van der Waals surface area contributed by atoms with Gasteiger partial charge in [-0.2, -0.15) is 5.10 Å². The standard InChI is InChI=1S/C15H11F2N3O/c1-21-13-8-10(4-7-12(13)17)15-18-14(19-20-15)9-2-5-11(16)6-3-9/h2-8H,1H3,(H,18,19,20). The predicted octanol–water partition coefficient (Wildman–Crippen LogP) is 3.43. The summed E-state index contributed by atoms with van der Waals surface area (Å²) in [5.41, 5.74) is 1.34. The van der Waals surface area contributed by atoms with Crippen LogP contribution in [0.2, 0.25) is 0 Å². The van der Waals surface area contributed by atoms with Crippen LogP contribution < -0.4 is 4.74 Å². The van der Waals surface area contributed by atoms with Crippen LogP contribution >= 0.6 is 0 Å². The van der Waals surface area contributed by atoms with Gasteiger partial charge in [0.15, 0.2) is 23.2 Å². The van der Waals surface area contributed by atoms with E-state index in [0.717, 1.165) is 0 Å². The van der Waals surface area contributed by atoms with Gasteiger partial charge in [-0.1, -0.05) is 0 Å². The van der Waals surface area contributed by atoms with E-state index in [0.29, 0.717) is 22.8 Å². The number of nitrogens with one attached hydrogen (secondary N) is 1. The highest BCUT2D eigenvalue weighted by molar-refractivity contribution is 5.62. The summed E-state index contributed by atoms with van der Waals surface area (Å²) < 4.78 is 31.2. The number of nitrogens with zero attached hydrogens (tertiary/aromatic N) is 2. The third-order valence-corrected chi connectivity index (χ3v) is 3.01. The highest BCUT2D eigenvalue weighted by Crippen LogP contribution is 2.25. The zero-order valence-corrected chi connectivity index (χ0v) is 11.1. The molecule has 3 aromatic rings. The molecule has 1 heterocycles. The fraction of sp³-hybridized carbons (Fsp3) is 0.0667. The Morgan fingerprint density at radius 2 is 1.71 bits per heavy atom. The Labute approximate surface area is 119 Å². The van der Waals surface area contributed by atoms with Crippen molar-refractivity contribution in [2.24, 2.45) is 0 Å². The van der Waals surface area contributed by atoms with Crippen LogP contribution in [0.3, 0.4) is 0 Å². The van der Waals surface area contributed by atoms with E-state index in [-0.39, 0.29) is 11.6 Å². The summed E-state index contributed by atoms with van der Waals surface area (Å²) in [7, 11) is 1.39. The van der Waals surface area contributed by atoms with Crippen LogP contribution in [0.1, 0.15) is 0 Å². The van der Waals surface area contributed by atoms with Gasteiger partial charge in [-0.25, -0.2) is 13.8 Å². The topological polar surface area (TPSA) is 50.8 Å². The Morgan fingerprint density at radius 1 is 1.00 bits per heavy atom. The molecule has 4 nitrogen and oxygen atoms in total. The smallest absolute Gasteiger partial charge is 0.181 e. The third kappa shape index (κ3) is 2.60.